The number of nitrogens with zero attached hydrogens (tertiary/aromatic N) is 1. The minimum atomic E-state index is -0.484. The molecule has 2 aromatic carbocycles. The second-order valence-corrected chi connectivity index (χ2v) is 6.75. The molecule has 0 radical (unpaired) electrons. The Bertz CT molecular complexity index is 1000. The summed E-state index contributed by atoms with van der Waals surface area (Å²) >= 11 is 0. The van der Waals surface area contributed by atoms with E-state index in [1.807, 2.05) is 74.7 Å². The number of para-hydroxylation sites is 1. The second-order valence-electron chi connectivity index (χ2n) is 6.75. The first kappa shape index (κ1) is 18.6. The number of aromatic nitrogens is 1. The Kier molecular flexibility index (Phi) is 5.26. The maximum absolute atomic E-state index is 12.5. The first-order chi connectivity index (χ1) is 12.9. The minimum absolute atomic E-state index is 0.205. The molecule has 27 heavy (non-hydrogen) atoms. The number of ether oxygens (including phenoxy) is 1. The molecular weight excluding hydrogens is 338 g/mol. The van der Waals surface area contributed by atoms with Gasteiger partial charge in [-0.3, -0.25) is 4.79 Å². The van der Waals surface area contributed by atoms with Gasteiger partial charge in [-0.05, 0) is 63.1 Å². The third kappa shape index (κ3) is 3.85. The van der Waals surface area contributed by atoms with Crippen molar-refractivity contribution < 1.29 is 14.3 Å². The van der Waals surface area contributed by atoms with E-state index < -0.39 is 5.97 Å². The quantitative estimate of drug-likeness (QED) is 0.487. The highest BCUT2D eigenvalue weighted by Gasteiger charge is 2.19. The monoisotopic (exact) mass is 361 g/mol. The van der Waals surface area contributed by atoms with Gasteiger partial charge in [0.25, 0.3) is 0 Å². The Hall–Kier alpha value is -3.14. The zero-order valence-corrected chi connectivity index (χ0v) is 16.1. The Balaban J connectivity index is 1.75. The van der Waals surface area contributed by atoms with E-state index in [0.29, 0.717) is 11.1 Å². The van der Waals surface area contributed by atoms with Gasteiger partial charge in [-0.2, -0.15) is 0 Å². The van der Waals surface area contributed by atoms with Gasteiger partial charge in [-0.1, -0.05) is 30.3 Å². The van der Waals surface area contributed by atoms with Gasteiger partial charge in [-0.25, -0.2) is 4.79 Å². The number of rotatable bonds is 5. The van der Waals surface area contributed by atoms with Crippen LogP contribution in [0.15, 0.2) is 54.6 Å². The van der Waals surface area contributed by atoms with E-state index >= 15 is 0 Å². The summed E-state index contributed by atoms with van der Waals surface area (Å²) in [6.07, 6.45) is 0. The number of carbonyl (C=O) groups is 2. The fourth-order valence-corrected chi connectivity index (χ4v) is 3.15. The number of ketones is 1. The van der Waals surface area contributed by atoms with Crippen molar-refractivity contribution in [2.75, 3.05) is 6.61 Å². The maximum Gasteiger partial charge on any atom is 0.340 e. The molecule has 0 amide bonds. The first-order valence-corrected chi connectivity index (χ1v) is 8.90. The molecule has 0 aliphatic rings. The number of hydrogen-bond acceptors (Lipinski definition) is 3. The van der Waals surface area contributed by atoms with Crippen LogP contribution in [0.25, 0.3) is 5.69 Å². The fraction of sp³-hybridized carbons (Fsp3) is 0.217. The summed E-state index contributed by atoms with van der Waals surface area (Å²) in [6, 6.07) is 17.1. The molecule has 0 fully saturated rings. The molecular formula is C23H23NO3. The Morgan fingerprint density at radius 3 is 2.26 bits per heavy atom. The first-order valence-electron chi connectivity index (χ1n) is 8.90. The number of hydrogen-bond donors (Lipinski definition) is 0. The summed E-state index contributed by atoms with van der Waals surface area (Å²) < 4.78 is 7.30. The summed E-state index contributed by atoms with van der Waals surface area (Å²) in [5.74, 6) is -0.689. The average molecular weight is 361 g/mol. The third-order valence-corrected chi connectivity index (χ3v) is 4.83. The standard InChI is InChI=1S/C23H23NO3/c1-15-10-11-19(12-16(15)2)22(25)14-27-23(26)21-13-17(3)24(18(21)4)20-8-6-5-7-9-20/h5-13H,14H2,1-4H3. The van der Waals surface area contributed by atoms with E-state index in [-0.39, 0.29) is 12.4 Å². The lowest BCUT2D eigenvalue weighted by Gasteiger charge is -2.10. The second kappa shape index (κ2) is 7.62. The summed E-state index contributed by atoms with van der Waals surface area (Å²) in [5.41, 5.74) is 5.91. The Morgan fingerprint density at radius 1 is 0.889 bits per heavy atom. The zero-order chi connectivity index (χ0) is 19.6. The van der Waals surface area contributed by atoms with Crippen LogP contribution in [-0.4, -0.2) is 22.9 Å². The predicted octanol–water partition coefficient (Wildman–Crippen LogP) is 4.75. The molecule has 4 nitrogen and oxygen atoms in total. The molecule has 3 aromatic rings. The molecule has 0 atom stereocenters. The van der Waals surface area contributed by atoms with Crippen molar-refractivity contribution in [2.45, 2.75) is 27.7 Å². The molecule has 0 aliphatic heterocycles. The van der Waals surface area contributed by atoms with E-state index in [2.05, 4.69) is 0 Å². The lowest BCUT2D eigenvalue weighted by molar-refractivity contribution is 0.0474. The van der Waals surface area contributed by atoms with Crippen LogP contribution in [0, 0.1) is 27.7 Å². The number of esters is 1. The van der Waals surface area contributed by atoms with E-state index in [1.165, 1.54) is 0 Å². The highest BCUT2D eigenvalue weighted by molar-refractivity contribution is 5.99. The molecule has 1 heterocycles. The number of benzene rings is 2. The highest BCUT2D eigenvalue weighted by Crippen LogP contribution is 2.21. The van der Waals surface area contributed by atoms with E-state index in [4.69, 9.17) is 4.74 Å². The molecule has 0 aliphatic carbocycles. The molecule has 0 N–H and O–H groups in total. The van der Waals surface area contributed by atoms with Crippen LogP contribution in [0.4, 0.5) is 0 Å². The van der Waals surface area contributed by atoms with Crippen molar-refractivity contribution in [3.05, 3.63) is 88.2 Å². The molecule has 138 valence electrons. The highest BCUT2D eigenvalue weighted by atomic mass is 16.5. The molecule has 0 bridgehead atoms. The summed E-state index contributed by atoms with van der Waals surface area (Å²) in [6.45, 7) is 7.50. The third-order valence-electron chi connectivity index (χ3n) is 4.83. The Labute approximate surface area is 159 Å². The van der Waals surface area contributed by atoms with E-state index in [1.54, 1.807) is 12.1 Å². The van der Waals surface area contributed by atoms with Crippen LogP contribution in [-0.2, 0) is 4.74 Å². The fourth-order valence-electron chi connectivity index (χ4n) is 3.15. The zero-order valence-electron chi connectivity index (χ0n) is 16.1. The maximum atomic E-state index is 12.5. The van der Waals surface area contributed by atoms with Gasteiger partial charge in [0.15, 0.2) is 12.4 Å². The average Bonchev–Trinajstić information content (AvgIpc) is 2.96. The van der Waals surface area contributed by atoms with Crippen molar-refractivity contribution >= 4 is 11.8 Å². The van der Waals surface area contributed by atoms with Crippen molar-refractivity contribution in [2.24, 2.45) is 0 Å². The summed E-state index contributed by atoms with van der Waals surface area (Å²) in [7, 11) is 0. The van der Waals surface area contributed by atoms with Crippen molar-refractivity contribution in [3.8, 4) is 5.69 Å². The lowest BCUT2D eigenvalue weighted by Crippen LogP contribution is -2.15. The SMILES string of the molecule is Cc1ccc(C(=O)COC(=O)c2cc(C)n(-c3ccccc3)c2C)cc1C. The molecule has 0 spiro atoms. The normalized spacial score (nSPS) is 10.7. The number of carbonyl (C=O) groups excluding carboxylic acids is 2. The van der Waals surface area contributed by atoms with Gasteiger partial charge in [0.05, 0.1) is 5.56 Å². The van der Waals surface area contributed by atoms with Crippen LogP contribution < -0.4 is 0 Å². The predicted molar refractivity (Wildman–Crippen MR) is 106 cm³/mol. The number of aryl methyl sites for hydroxylation is 3. The van der Waals surface area contributed by atoms with Gasteiger partial charge in [0.1, 0.15) is 0 Å². The summed E-state index contributed by atoms with van der Waals surface area (Å²) in [4.78, 5) is 24.9. The largest absolute Gasteiger partial charge is 0.454 e. The van der Waals surface area contributed by atoms with Crippen LogP contribution in [0.3, 0.4) is 0 Å². The van der Waals surface area contributed by atoms with Gasteiger partial charge >= 0.3 is 5.97 Å². The van der Waals surface area contributed by atoms with Crippen LogP contribution in [0.2, 0.25) is 0 Å². The smallest absolute Gasteiger partial charge is 0.340 e. The van der Waals surface area contributed by atoms with Crippen LogP contribution in [0.5, 0.6) is 0 Å². The van der Waals surface area contributed by atoms with Crippen LogP contribution in [0.1, 0.15) is 43.2 Å². The molecule has 3 rings (SSSR count). The van der Waals surface area contributed by atoms with Gasteiger partial charge in [-0.15, -0.1) is 0 Å². The van der Waals surface area contributed by atoms with Crippen molar-refractivity contribution in [1.29, 1.82) is 0 Å². The number of Topliss-reactive ketones (excluding diaryl/α,β-unsaturated/α-hetero) is 1. The Morgan fingerprint density at radius 2 is 1.59 bits per heavy atom. The van der Waals surface area contributed by atoms with Crippen LogP contribution >= 0.6 is 0 Å². The van der Waals surface area contributed by atoms with Crippen molar-refractivity contribution in [1.82, 2.24) is 4.57 Å². The molecule has 0 saturated carbocycles. The molecule has 1 aromatic heterocycles. The lowest BCUT2D eigenvalue weighted by atomic mass is 10.0. The molecule has 0 unspecified atom stereocenters. The van der Waals surface area contributed by atoms with Gasteiger partial charge in [0, 0.05) is 22.6 Å². The molecule has 0 saturated heterocycles. The van der Waals surface area contributed by atoms with Gasteiger partial charge < -0.3 is 9.30 Å². The summed E-state index contributed by atoms with van der Waals surface area (Å²) in [5, 5.41) is 0. The van der Waals surface area contributed by atoms with Gasteiger partial charge in [0.2, 0.25) is 0 Å². The molecule has 4 heteroatoms. The van der Waals surface area contributed by atoms with E-state index in [0.717, 1.165) is 28.2 Å². The van der Waals surface area contributed by atoms with E-state index in [9.17, 15) is 9.59 Å². The van der Waals surface area contributed by atoms with Crippen molar-refractivity contribution in [3.63, 3.8) is 0 Å². The topological polar surface area (TPSA) is 48.3 Å². The minimum Gasteiger partial charge on any atom is -0.454 e.